The Kier molecular flexibility index (Phi) is 4.35. The van der Waals surface area contributed by atoms with E-state index in [1.165, 1.54) is 11.1 Å². The molecule has 0 bridgehead atoms. The molecule has 4 heteroatoms. The first-order valence-electron chi connectivity index (χ1n) is 7.39. The molecule has 4 nitrogen and oxygen atoms in total. The highest BCUT2D eigenvalue weighted by atomic mass is 16.4. The molecule has 1 aliphatic rings. The minimum absolute atomic E-state index is 0.129. The zero-order valence-electron chi connectivity index (χ0n) is 12.8. The maximum absolute atomic E-state index is 12.1. The molecule has 1 fully saturated rings. The van der Waals surface area contributed by atoms with Crippen LogP contribution in [0.3, 0.4) is 0 Å². The molecule has 2 N–H and O–H groups in total. The van der Waals surface area contributed by atoms with Gasteiger partial charge in [0.2, 0.25) is 5.91 Å². The highest BCUT2D eigenvalue weighted by molar-refractivity contribution is 5.86. The number of nitrogens with one attached hydrogen (secondary N) is 1. The fourth-order valence-corrected chi connectivity index (χ4v) is 2.98. The van der Waals surface area contributed by atoms with Crippen molar-refractivity contribution in [2.75, 3.05) is 6.54 Å². The van der Waals surface area contributed by atoms with Crippen LogP contribution in [-0.4, -0.2) is 23.5 Å². The largest absolute Gasteiger partial charge is 0.481 e. The summed E-state index contributed by atoms with van der Waals surface area (Å²) >= 11 is 0. The molecule has 0 heterocycles. The Bertz CT molecular complexity index is 551. The minimum Gasteiger partial charge on any atom is -0.481 e. The number of rotatable bonds is 5. The number of carboxylic acids is 1. The summed E-state index contributed by atoms with van der Waals surface area (Å²) in [6.45, 7) is 6.75. The molecule has 1 saturated carbocycles. The van der Waals surface area contributed by atoms with E-state index >= 15 is 0 Å². The van der Waals surface area contributed by atoms with Crippen molar-refractivity contribution in [1.29, 1.82) is 0 Å². The van der Waals surface area contributed by atoms with Gasteiger partial charge in [0, 0.05) is 12.0 Å². The predicted octanol–water partition coefficient (Wildman–Crippen LogP) is 2.50. The number of amides is 1. The van der Waals surface area contributed by atoms with Crippen LogP contribution in [0.5, 0.6) is 0 Å². The molecule has 0 spiro atoms. The maximum atomic E-state index is 12.1. The van der Waals surface area contributed by atoms with Crippen LogP contribution < -0.4 is 5.32 Å². The highest BCUT2D eigenvalue weighted by Crippen LogP contribution is 2.35. The van der Waals surface area contributed by atoms with Gasteiger partial charge < -0.3 is 10.4 Å². The first-order chi connectivity index (χ1) is 9.83. The quantitative estimate of drug-likeness (QED) is 0.875. The monoisotopic (exact) mass is 289 g/mol. The van der Waals surface area contributed by atoms with Crippen LogP contribution in [0.25, 0.3) is 0 Å². The van der Waals surface area contributed by atoms with E-state index in [9.17, 15) is 9.59 Å². The summed E-state index contributed by atoms with van der Waals surface area (Å²) in [6.07, 6.45) is 1.28. The lowest BCUT2D eigenvalue weighted by Gasteiger charge is -2.34. The summed E-state index contributed by atoms with van der Waals surface area (Å²) in [5.74, 6) is -1.86. The van der Waals surface area contributed by atoms with Gasteiger partial charge in [-0.25, -0.2) is 0 Å². The third kappa shape index (κ3) is 3.26. The number of carbonyl (C=O) groups is 2. The van der Waals surface area contributed by atoms with Crippen LogP contribution in [0.1, 0.15) is 37.8 Å². The molecule has 21 heavy (non-hydrogen) atoms. The van der Waals surface area contributed by atoms with E-state index in [0.717, 1.165) is 0 Å². The predicted molar refractivity (Wildman–Crippen MR) is 81.1 cm³/mol. The molecule has 1 aliphatic carbocycles. The number of aliphatic carboxylic acids is 1. The Morgan fingerprint density at radius 3 is 2.38 bits per heavy atom. The fraction of sp³-hybridized carbons (Fsp3) is 0.529. The summed E-state index contributed by atoms with van der Waals surface area (Å²) < 4.78 is 0. The molecule has 2 unspecified atom stereocenters. The van der Waals surface area contributed by atoms with E-state index in [1.54, 1.807) is 0 Å². The van der Waals surface area contributed by atoms with E-state index in [1.807, 2.05) is 12.1 Å². The van der Waals surface area contributed by atoms with Crippen molar-refractivity contribution in [3.63, 3.8) is 0 Å². The third-order valence-corrected chi connectivity index (χ3v) is 4.51. The zero-order valence-corrected chi connectivity index (χ0v) is 12.8. The lowest BCUT2D eigenvalue weighted by Crippen LogP contribution is -2.47. The van der Waals surface area contributed by atoms with Gasteiger partial charge >= 0.3 is 5.97 Å². The average molecular weight is 289 g/mol. The Balaban J connectivity index is 1.97. The van der Waals surface area contributed by atoms with Crippen molar-refractivity contribution in [2.45, 2.75) is 39.0 Å². The van der Waals surface area contributed by atoms with Crippen LogP contribution in [0.2, 0.25) is 0 Å². The molecule has 114 valence electrons. The van der Waals surface area contributed by atoms with Crippen LogP contribution in [-0.2, 0) is 15.0 Å². The molecule has 0 saturated heterocycles. The normalized spacial score (nSPS) is 21.5. The molecule has 1 amide bonds. The lowest BCUT2D eigenvalue weighted by atomic mass is 9.73. The van der Waals surface area contributed by atoms with Gasteiger partial charge in [-0.3, -0.25) is 9.59 Å². The van der Waals surface area contributed by atoms with Crippen LogP contribution in [0.4, 0.5) is 0 Å². The number of hydrogen-bond donors (Lipinski definition) is 2. The van der Waals surface area contributed by atoms with E-state index in [0.29, 0.717) is 19.4 Å². The Morgan fingerprint density at radius 2 is 1.86 bits per heavy atom. The molecule has 2 rings (SSSR count). The summed E-state index contributed by atoms with van der Waals surface area (Å²) in [7, 11) is 0. The number of carboxylic acid groups (broad SMARTS) is 1. The second-order valence-electron chi connectivity index (χ2n) is 6.55. The maximum Gasteiger partial charge on any atom is 0.307 e. The van der Waals surface area contributed by atoms with Crippen LogP contribution >= 0.6 is 0 Å². The molecular formula is C17H23NO3. The van der Waals surface area contributed by atoms with Crippen molar-refractivity contribution in [3.8, 4) is 0 Å². The van der Waals surface area contributed by atoms with E-state index in [4.69, 9.17) is 5.11 Å². The smallest absolute Gasteiger partial charge is 0.307 e. The van der Waals surface area contributed by atoms with Gasteiger partial charge in [0.1, 0.15) is 0 Å². The summed E-state index contributed by atoms with van der Waals surface area (Å²) in [5, 5.41) is 11.9. The Labute approximate surface area is 125 Å². The number of hydrogen-bond acceptors (Lipinski definition) is 2. The van der Waals surface area contributed by atoms with Crippen molar-refractivity contribution < 1.29 is 14.7 Å². The molecule has 2 atom stereocenters. The van der Waals surface area contributed by atoms with Crippen LogP contribution in [0, 0.1) is 18.8 Å². The van der Waals surface area contributed by atoms with Gasteiger partial charge in [0.15, 0.2) is 0 Å². The first kappa shape index (κ1) is 15.5. The Morgan fingerprint density at radius 1 is 1.24 bits per heavy atom. The Hall–Kier alpha value is -1.84. The fourth-order valence-electron chi connectivity index (χ4n) is 2.98. The molecule has 1 aromatic carbocycles. The average Bonchev–Trinajstić information content (AvgIpc) is 2.35. The van der Waals surface area contributed by atoms with Crippen molar-refractivity contribution in [3.05, 3.63) is 35.4 Å². The lowest BCUT2D eigenvalue weighted by molar-refractivity contribution is -0.152. The van der Waals surface area contributed by atoms with E-state index in [2.05, 4.69) is 38.2 Å². The van der Waals surface area contributed by atoms with Crippen molar-refractivity contribution >= 4 is 11.9 Å². The van der Waals surface area contributed by atoms with Gasteiger partial charge in [-0.15, -0.1) is 0 Å². The summed E-state index contributed by atoms with van der Waals surface area (Å²) in [6, 6.07) is 8.13. The van der Waals surface area contributed by atoms with Crippen molar-refractivity contribution in [2.24, 2.45) is 11.8 Å². The molecule has 0 aliphatic heterocycles. The minimum atomic E-state index is -0.862. The second-order valence-corrected chi connectivity index (χ2v) is 6.55. The second kappa shape index (κ2) is 5.88. The summed E-state index contributed by atoms with van der Waals surface area (Å²) in [4.78, 5) is 23.1. The molecule has 0 radical (unpaired) electrons. The first-order valence-corrected chi connectivity index (χ1v) is 7.39. The molecule has 1 aromatic rings. The van der Waals surface area contributed by atoms with Gasteiger partial charge in [-0.2, -0.15) is 0 Å². The third-order valence-electron chi connectivity index (χ3n) is 4.51. The van der Waals surface area contributed by atoms with Gasteiger partial charge in [-0.05, 0) is 30.9 Å². The summed E-state index contributed by atoms with van der Waals surface area (Å²) in [5.41, 5.74) is 2.22. The van der Waals surface area contributed by atoms with Crippen molar-refractivity contribution in [1.82, 2.24) is 5.32 Å². The molecular weight excluding hydrogens is 266 g/mol. The highest BCUT2D eigenvalue weighted by Gasteiger charge is 2.41. The topological polar surface area (TPSA) is 66.4 Å². The standard InChI is InChI=1S/C17H23NO3/c1-11-6-4-5-7-14(11)17(2,3)10-18-15(19)12-8-9-13(12)16(20)21/h4-7,12-13H,8-10H2,1-3H3,(H,18,19)(H,20,21). The van der Waals surface area contributed by atoms with E-state index in [-0.39, 0.29) is 17.2 Å². The number of aryl methyl sites for hydroxylation is 1. The number of carbonyl (C=O) groups excluding carboxylic acids is 1. The SMILES string of the molecule is Cc1ccccc1C(C)(C)CNC(=O)C1CCC1C(=O)O. The zero-order chi connectivity index (χ0) is 15.6. The van der Waals surface area contributed by atoms with Crippen LogP contribution in [0.15, 0.2) is 24.3 Å². The van der Waals surface area contributed by atoms with E-state index < -0.39 is 11.9 Å². The molecule has 0 aromatic heterocycles. The van der Waals surface area contributed by atoms with Gasteiger partial charge in [0.05, 0.1) is 11.8 Å². The number of benzene rings is 1. The van der Waals surface area contributed by atoms with Gasteiger partial charge in [-0.1, -0.05) is 38.1 Å². The van der Waals surface area contributed by atoms with Gasteiger partial charge in [0.25, 0.3) is 0 Å².